The predicted octanol–water partition coefficient (Wildman–Crippen LogP) is -2.72. The minimum atomic E-state index is -1.13. The molecule has 0 spiro atoms. The van der Waals surface area contributed by atoms with Crippen molar-refractivity contribution in [1.29, 1.82) is 0 Å². The lowest BCUT2D eigenvalue weighted by molar-refractivity contribution is -0.372. The minimum absolute atomic E-state index is 0.208. The molecule has 0 radical (unpaired) electrons. The van der Waals surface area contributed by atoms with Crippen LogP contribution in [0.4, 0.5) is 0 Å². The van der Waals surface area contributed by atoms with Crippen LogP contribution in [0.5, 0.6) is 0 Å². The number of aliphatic hydroxyl groups is 1. The van der Waals surface area contributed by atoms with Gasteiger partial charge in [0.05, 0.1) is 19.1 Å². The van der Waals surface area contributed by atoms with E-state index < -0.39 is 11.2 Å². The number of carbonyl (C=O) groups is 1. The summed E-state index contributed by atoms with van der Waals surface area (Å²) in [6, 6.07) is 0. The van der Waals surface area contributed by atoms with E-state index in [1.165, 1.54) is 6.92 Å². The third kappa shape index (κ3) is 15.6. The van der Waals surface area contributed by atoms with Crippen molar-refractivity contribution in [2.45, 2.75) is 12.2 Å². The lowest BCUT2D eigenvalue weighted by Crippen LogP contribution is -2.51. The van der Waals surface area contributed by atoms with Crippen LogP contribution in [-0.2, 0) is 4.79 Å². The molecule has 1 unspecified atom stereocenters. The summed E-state index contributed by atoms with van der Waals surface area (Å²) in [5.41, 5.74) is 3.35. The molecule has 0 fully saturated rings. The zero-order valence-electron chi connectivity index (χ0n) is 5.91. The molecule has 0 aromatic rings. The molecule has 5 heteroatoms. The number of carboxylic acids is 1. The van der Waals surface area contributed by atoms with Gasteiger partial charge in [0.25, 0.3) is 0 Å². The third-order valence-corrected chi connectivity index (χ3v) is 0.710. The van der Waals surface area contributed by atoms with Gasteiger partial charge in [-0.15, -0.1) is 0 Å². The van der Waals surface area contributed by atoms with Crippen molar-refractivity contribution in [2.75, 3.05) is 13.2 Å². The number of carbonyl (C=O) groups excluding carboxylic acids is 1. The van der Waals surface area contributed by atoms with Gasteiger partial charge in [-0.1, -0.05) is 0 Å². The Kier molecular flexibility index (Phi) is 10.9. The van der Waals surface area contributed by atoms with Crippen LogP contribution in [0.25, 0.3) is 0 Å². The van der Waals surface area contributed by atoms with Gasteiger partial charge in [0, 0.05) is 5.25 Å². The molecule has 0 rings (SSSR count). The highest BCUT2D eigenvalue weighted by Crippen LogP contribution is 1.85. The maximum atomic E-state index is 9.51. The van der Waals surface area contributed by atoms with Crippen LogP contribution < -0.4 is 10.8 Å². The molecular weight excluding hydrogens is 154 g/mol. The van der Waals surface area contributed by atoms with Crippen LogP contribution in [0.3, 0.4) is 0 Å². The maximum absolute atomic E-state index is 9.51. The molecule has 1 atom stereocenters. The molecule has 0 aliphatic carbocycles. The van der Waals surface area contributed by atoms with Crippen LogP contribution in [0.1, 0.15) is 6.92 Å². The van der Waals surface area contributed by atoms with E-state index >= 15 is 0 Å². The molecule has 0 amide bonds. The van der Waals surface area contributed by atoms with Crippen molar-refractivity contribution in [2.24, 2.45) is 0 Å². The van der Waals surface area contributed by atoms with Crippen molar-refractivity contribution in [3.05, 3.63) is 0 Å². The van der Waals surface area contributed by atoms with Gasteiger partial charge < -0.3 is 20.7 Å². The highest BCUT2D eigenvalue weighted by molar-refractivity contribution is 7.81. The Morgan fingerprint density at radius 3 is 2.10 bits per heavy atom. The average Bonchev–Trinajstić information content (AvgIpc) is 1.89. The Balaban J connectivity index is 0. The van der Waals surface area contributed by atoms with Gasteiger partial charge in [-0.3, -0.25) is 0 Å². The lowest BCUT2D eigenvalue weighted by atomic mass is 10.5. The van der Waals surface area contributed by atoms with Crippen molar-refractivity contribution < 1.29 is 20.7 Å². The number of aliphatic hydroxyl groups excluding tert-OH is 1. The molecule has 0 heterocycles. The second-order valence-corrected chi connectivity index (χ2v) is 2.35. The predicted molar refractivity (Wildman–Crippen MR) is 38.3 cm³/mol. The lowest BCUT2D eigenvalue weighted by Gasteiger charge is -2.00. The van der Waals surface area contributed by atoms with Gasteiger partial charge in [0.1, 0.15) is 0 Å². The van der Waals surface area contributed by atoms with E-state index in [0.717, 1.165) is 0 Å². The SMILES string of the molecule is CC(S)C(=O)[O-].[NH3+]CCO. The highest BCUT2D eigenvalue weighted by atomic mass is 32.1. The van der Waals surface area contributed by atoms with Gasteiger partial charge in [0.15, 0.2) is 0 Å². The summed E-state index contributed by atoms with van der Waals surface area (Å²) < 4.78 is 0. The zero-order chi connectivity index (χ0) is 8.57. The smallest absolute Gasteiger partial charge is 0.0974 e. The summed E-state index contributed by atoms with van der Waals surface area (Å²) in [4.78, 5) is 9.51. The first-order valence-electron chi connectivity index (χ1n) is 2.85. The first-order valence-corrected chi connectivity index (χ1v) is 3.37. The molecule has 0 saturated carbocycles. The summed E-state index contributed by atoms with van der Waals surface area (Å²) in [6.07, 6.45) is 0. The molecule has 62 valence electrons. The largest absolute Gasteiger partial charge is 0.549 e. The second-order valence-electron chi connectivity index (χ2n) is 1.57. The molecular formula is C5H13NO3S. The minimum Gasteiger partial charge on any atom is -0.549 e. The first kappa shape index (κ1) is 12.4. The van der Waals surface area contributed by atoms with Crippen LogP contribution in [0.2, 0.25) is 0 Å². The Bertz CT molecular complexity index is 85.0. The summed E-state index contributed by atoms with van der Waals surface area (Å²) in [5.74, 6) is -1.13. The molecule has 0 aromatic heterocycles. The summed E-state index contributed by atoms with van der Waals surface area (Å²) in [7, 11) is 0. The quantitative estimate of drug-likeness (QED) is 0.390. The topological polar surface area (TPSA) is 88.0 Å². The van der Waals surface area contributed by atoms with Gasteiger partial charge in [-0.05, 0) is 6.92 Å². The van der Waals surface area contributed by atoms with E-state index in [0.29, 0.717) is 6.54 Å². The molecule has 0 saturated heterocycles. The van der Waals surface area contributed by atoms with Crippen LogP contribution in [0, 0.1) is 0 Å². The van der Waals surface area contributed by atoms with Crippen LogP contribution >= 0.6 is 12.6 Å². The van der Waals surface area contributed by atoms with E-state index in [4.69, 9.17) is 5.11 Å². The molecule has 4 N–H and O–H groups in total. The van der Waals surface area contributed by atoms with Gasteiger partial charge in [0.2, 0.25) is 0 Å². The Morgan fingerprint density at radius 1 is 1.90 bits per heavy atom. The normalized spacial score (nSPS) is 11.2. The fourth-order valence-electron chi connectivity index (χ4n) is 0. The first-order chi connectivity index (χ1) is 4.56. The highest BCUT2D eigenvalue weighted by Gasteiger charge is 1.88. The number of rotatable bonds is 2. The monoisotopic (exact) mass is 167 g/mol. The van der Waals surface area contributed by atoms with E-state index in [9.17, 15) is 9.90 Å². The van der Waals surface area contributed by atoms with E-state index in [1.54, 1.807) is 0 Å². The fourth-order valence-corrected chi connectivity index (χ4v) is 0. The van der Waals surface area contributed by atoms with Crippen molar-refractivity contribution in [1.82, 2.24) is 0 Å². The summed E-state index contributed by atoms with van der Waals surface area (Å²) in [5, 5.41) is 16.7. The van der Waals surface area contributed by atoms with Crippen molar-refractivity contribution in [3.63, 3.8) is 0 Å². The number of carboxylic acid groups (broad SMARTS) is 1. The molecule has 0 aromatic carbocycles. The number of hydrogen-bond acceptors (Lipinski definition) is 4. The van der Waals surface area contributed by atoms with E-state index in [-0.39, 0.29) is 6.61 Å². The van der Waals surface area contributed by atoms with Gasteiger partial charge in [-0.2, -0.15) is 12.6 Å². The van der Waals surface area contributed by atoms with Crippen LogP contribution in [-0.4, -0.2) is 29.5 Å². The van der Waals surface area contributed by atoms with Crippen LogP contribution in [0.15, 0.2) is 0 Å². The zero-order valence-corrected chi connectivity index (χ0v) is 6.80. The molecule has 0 bridgehead atoms. The summed E-state index contributed by atoms with van der Waals surface area (Å²) >= 11 is 3.53. The van der Waals surface area contributed by atoms with Crippen molar-refractivity contribution in [3.8, 4) is 0 Å². The third-order valence-electron chi connectivity index (χ3n) is 0.499. The average molecular weight is 167 g/mol. The van der Waals surface area contributed by atoms with E-state index in [1.807, 2.05) is 0 Å². The molecule has 10 heavy (non-hydrogen) atoms. The number of thiol groups is 1. The molecule has 0 aliphatic rings. The van der Waals surface area contributed by atoms with Gasteiger partial charge in [-0.25, -0.2) is 0 Å². The molecule has 0 aliphatic heterocycles. The maximum Gasteiger partial charge on any atom is 0.0974 e. The van der Waals surface area contributed by atoms with Crippen molar-refractivity contribution >= 4 is 18.6 Å². The number of aliphatic carboxylic acids is 1. The standard InChI is InChI=1S/C3H6O2S.C2H7NO/c1-2(6)3(4)5;3-1-2-4/h2,6H,1H3,(H,4,5);4H,1-3H2. The summed E-state index contributed by atoms with van der Waals surface area (Å²) in [6.45, 7) is 2.28. The second kappa shape index (κ2) is 8.74. The number of hydrogen-bond donors (Lipinski definition) is 3. The fraction of sp³-hybridized carbons (Fsp3) is 0.800. The number of quaternary nitrogens is 1. The Morgan fingerprint density at radius 2 is 2.10 bits per heavy atom. The van der Waals surface area contributed by atoms with Gasteiger partial charge >= 0.3 is 0 Å². The Labute approximate surface area is 65.4 Å². The Hall–Kier alpha value is -0.260. The molecule has 4 nitrogen and oxygen atoms in total. The van der Waals surface area contributed by atoms with E-state index in [2.05, 4.69) is 18.4 Å².